The number of hydrogen-bond acceptors (Lipinski definition) is 13. The van der Waals surface area contributed by atoms with E-state index in [4.69, 9.17) is 39.2 Å². The number of pyridine rings is 1. The Hall–Kier alpha value is -7.11. The Kier molecular flexibility index (Phi) is 9.60. The van der Waals surface area contributed by atoms with E-state index in [1.807, 2.05) is 137 Å². The topological polar surface area (TPSA) is 152 Å². The lowest BCUT2D eigenvalue weighted by Gasteiger charge is -2.26. The van der Waals surface area contributed by atoms with Crippen LogP contribution in [0.5, 0.6) is 11.5 Å². The Labute approximate surface area is 332 Å². The average Bonchev–Trinajstić information content (AvgIpc) is 3.93. The van der Waals surface area contributed by atoms with E-state index in [1.165, 1.54) is 4.68 Å². The van der Waals surface area contributed by atoms with Gasteiger partial charge in [-0.1, -0.05) is 80.6 Å². The Morgan fingerprint density at radius 3 is 2.28 bits per heavy atom. The molecule has 284 valence electrons. The summed E-state index contributed by atoms with van der Waals surface area (Å²) in [4.78, 5) is 17.0. The molecule has 4 aromatic heterocycles. The molecule has 4 heterocycles. The number of oxazole rings is 1. The fraction of sp³-hybridized carbons (Fsp3) is 0.186. The first-order chi connectivity index (χ1) is 27.6. The Morgan fingerprint density at radius 2 is 1.54 bits per heavy atom. The van der Waals surface area contributed by atoms with Crippen LogP contribution >= 0.6 is 11.3 Å². The summed E-state index contributed by atoms with van der Waals surface area (Å²) in [5.74, 6) is 2.35. The summed E-state index contributed by atoms with van der Waals surface area (Å²) >= 11 is 1.55. The Morgan fingerprint density at radius 1 is 0.825 bits per heavy atom. The third-order valence-corrected chi connectivity index (χ3v) is 10.3. The first kappa shape index (κ1) is 36.8. The number of nitriles is 1. The molecule has 0 fully saturated rings. The second-order valence-corrected chi connectivity index (χ2v) is 15.2. The van der Waals surface area contributed by atoms with Gasteiger partial charge in [0.15, 0.2) is 16.5 Å². The van der Waals surface area contributed by atoms with Gasteiger partial charge in [-0.05, 0) is 73.5 Å². The normalized spacial score (nSPS) is 11.7. The van der Waals surface area contributed by atoms with Crippen molar-refractivity contribution < 1.29 is 13.9 Å². The van der Waals surface area contributed by atoms with Gasteiger partial charge in [-0.3, -0.25) is 4.90 Å². The van der Waals surface area contributed by atoms with Crippen molar-refractivity contribution >= 4 is 72.3 Å². The number of aromatic nitrogens is 5. The first-order valence-electron chi connectivity index (χ1n) is 18.1. The van der Waals surface area contributed by atoms with E-state index in [0.29, 0.717) is 56.4 Å². The molecule has 8 rings (SSSR count). The Bertz CT molecular complexity index is 2800. The summed E-state index contributed by atoms with van der Waals surface area (Å²) in [6, 6.07) is 33.3. The molecule has 0 saturated heterocycles. The molecular formula is C43H38N10O3S. The van der Waals surface area contributed by atoms with Gasteiger partial charge in [-0.15, -0.1) is 10.2 Å². The third kappa shape index (κ3) is 6.89. The highest BCUT2D eigenvalue weighted by atomic mass is 32.1. The minimum absolute atomic E-state index is 0.161. The summed E-state index contributed by atoms with van der Waals surface area (Å²) in [6.45, 7) is 9.91. The molecule has 0 aliphatic heterocycles. The molecule has 13 nitrogen and oxygen atoms in total. The van der Waals surface area contributed by atoms with Gasteiger partial charge in [0.25, 0.3) is 0 Å². The summed E-state index contributed by atoms with van der Waals surface area (Å²) in [6.07, 6.45) is 0. The van der Waals surface area contributed by atoms with Crippen LogP contribution in [-0.2, 0) is 5.41 Å². The van der Waals surface area contributed by atoms with Crippen molar-refractivity contribution in [2.24, 2.45) is 10.2 Å². The molecule has 0 bridgehead atoms. The highest BCUT2D eigenvalue weighted by Crippen LogP contribution is 2.47. The van der Waals surface area contributed by atoms with Crippen LogP contribution in [0.2, 0.25) is 0 Å². The molecular weight excluding hydrogens is 737 g/mol. The van der Waals surface area contributed by atoms with Gasteiger partial charge in [0.05, 0.1) is 41.5 Å². The maximum absolute atomic E-state index is 10.5. The molecule has 57 heavy (non-hydrogen) atoms. The number of aryl methyl sites for hydroxylation is 2. The second kappa shape index (κ2) is 14.9. The molecule has 0 unspecified atom stereocenters. The molecule has 0 aliphatic carbocycles. The summed E-state index contributed by atoms with van der Waals surface area (Å²) in [7, 11) is 3.26. The van der Waals surface area contributed by atoms with Gasteiger partial charge >= 0.3 is 6.01 Å². The number of thiazole rings is 1. The second-order valence-electron chi connectivity index (χ2n) is 14.2. The van der Waals surface area contributed by atoms with Crippen molar-refractivity contribution in [2.45, 2.75) is 40.0 Å². The maximum atomic E-state index is 10.5. The lowest BCUT2D eigenvalue weighted by Crippen LogP contribution is -2.15. The van der Waals surface area contributed by atoms with Gasteiger partial charge < -0.3 is 19.2 Å². The van der Waals surface area contributed by atoms with E-state index >= 15 is 0 Å². The van der Waals surface area contributed by atoms with Crippen LogP contribution in [0.1, 0.15) is 43.2 Å². The average molecular weight is 775 g/mol. The molecule has 1 N–H and O–H groups in total. The molecule has 0 aliphatic rings. The zero-order valence-corrected chi connectivity index (χ0v) is 33.2. The van der Waals surface area contributed by atoms with Gasteiger partial charge in [0, 0.05) is 5.41 Å². The van der Waals surface area contributed by atoms with E-state index in [2.05, 4.69) is 16.4 Å². The van der Waals surface area contributed by atoms with Crippen LogP contribution in [0.15, 0.2) is 112 Å². The SMILES string of the molecule is COc1ccccc1Nc1nc(N(c2nc3ccccc3s2)c2c(C)cccc2OC)cc(C)c1N=Nc1c(C#N)c(C(C)(C)C)nn1-c1nc2ccccc2o1. The standard InChI is InChI=1S/C43H38N10O3S/c1-25-15-14-21-33(55-7)37(25)52(42-47-30-18-10-13-22-34(30)57-42)35-23-26(2)36(39(48-35)45-28-16-8-11-19-31(28)54-6)49-50-40-27(24-44)38(43(3,4)5)51-53(40)41-46-29-17-9-12-20-32(29)56-41/h8-23H,1-7H3,(H,45,48). The molecule has 4 aromatic carbocycles. The first-order valence-corrected chi connectivity index (χ1v) is 18.9. The number of nitrogens with one attached hydrogen (secondary N) is 1. The van der Waals surface area contributed by atoms with Crippen molar-refractivity contribution in [1.29, 1.82) is 5.26 Å². The van der Waals surface area contributed by atoms with E-state index < -0.39 is 5.41 Å². The highest BCUT2D eigenvalue weighted by Gasteiger charge is 2.30. The number of azo groups is 1. The van der Waals surface area contributed by atoms with E-state index in [1.54, 1.807) is 25.6 Å². The third-order valence-electron chi connectivity index (χ3n) is 9.27. The van der Waals surface area contributed by atoms with Crippen molar-refractivity contribution in [2.75, 3.05) is 24.4 Å². The minimum Gasteiger partial charge on any atom is -0.495 e. The molecule has 0 saturated carbocycles. The summed E-state index contributed by atoms with van der Waals surface area (Å²) in [5, 5.41) is 29.1. The number of ether oxygens (including phenoxy) is 2. The summed E-state index contributed by atoms with van der Waals surface area (Å²) < 4.78 is 20.2. The lowest BCUT2D eigenvalue weighted by atomic mass is 9.90. The smallest absolute Gasteiger partial charge is 0.325 e. The van der Waals surface area contributed by atoms with Gasteiger partial charge in [0.1, 0.15) is 40.2 Å². The van der Waals surface area contributed by atoms with Crippen LogP contribution < -0.4 is 19.7 Å². The van der Waals surface area contributed by atoms with Crippen molar-refractivity contribution in [3.8, 4) is 23.6 Å². The zero-order chi connectivity index (χ0) is 39.8. The molecule has 14 heteroatoms. The predicted molar refractivity (Wildman–Crippen MR) is 223 cm³/mol. The number of hydrogen-bond donors (Lipinski definition) is 1. The van der Waals surface area contributed by atoms with Gasteiger partial charge in [-0.25, -0.2) is 9.97 Å². The van der Waals surface area contributed by atoms with E-state index in [0.717, 1.165) is 27.0 Å². The number of benzene rings is 4. The van der Waals surface area contributed by atoms with Crippen molar-refractivity contribution in [3.05, 3.63) is 119 Å². The zero-order valence-electron chi connectivity index (χ0n) is 32.4. The van der Waals surface area contributed by atoms with E-state index in [-0.39, 0.29) is 17.4 Å². The number of fused-ring (bicyclic) bond motifs is 2. The van der Waals surface area contributed by atoms with Gasteiger partial charge in [0.2, 0.25) is 5.82 Å². The highest BCUT2D eigenvalue weighted by molar-refractivity contribution is 7.22. The maximum Gasteiger partial charge on any atom is 0.325 e. The summed E-state index contributed by atoms with van der Waals surface area (Å²) in [5.41, 5.74) is 5.89. The molecule has 8 aromatic rings. The number of rotatable bonds is 10. The van der Waals surface area contributed by atoms with Crippen molar-refractivity contribution in [3.63, 3.8) is 0 Å². The largest absolute Gasteiger partial charge is 0.495 e. The van der Waals surface area contributed by atoms with E-state index in [9.17, 15) is 5.26 Å². The van der Waals surface area contributed by atoms with Crippen molar-refractivity contribution in [1.82, 2.24) is 24.7 Å². The fourth-order valence-corrected chi connectivity index (χ4v) is 7.49. The van der Waals surface area contributed by atoms with Crippen LogP contribution in [0.3, 0.4) is 0 Å². The number of nitrogens with zero attached hydrogens (tertiary/aromatic N) is 9. The fourth-order valence-electron chi connectivity index (χ4n) is 6.51. The van der Waals surface area contributed by atoms with Crippen LogP contribution in [0.4, 0.5) is 39.6 Å². The molecule has 0 amide bonds. The molecule has 0 spiro atoms. The number of methoxy groups -OCH3 is 2. The van der Waals surface area contributed by atoms with Gasteiger partial charge in [-0.2, -0.15) is 20.0 Å². The monoisotopic (exact) mass is 774 g/mol. The van der Waals surface area contributed by atoms with Crippen LogP contribution in [0.25, 0.3) is 27.3 Å². The minimum atomic E-state index is -0.511. The van der Waals surface area contributed by atoms with Crippen LogP contribution in [0, 0.1) is 25.2 Å². The predicted octanol–water partition coefficient (Wildman–Crippen LogP) is 11.5. The Balaban J connectivity index is 1.35. The number of anilines is 5. The van der Waals surface area contributed by atoms with Crippen LogP contribution in [-0.4, -0.2) is 39.0 Å². The molecule has 0 atom stereocenters. The lowest BCUT2D eigenvalue weighted by molar-refractivity contribution is 0.415. The molecule has 0 radical (unpaired) electrons. The number of para-hydroxylation sites is 6. The quantitative estimate of drug-likeness (QED) is 0.133.